The molecule has 1 rings (SSSR count). The van der Waals surface area contributed by atoms with Crippen LogP contribution in [0.3, 0.4) is 0 Å². The zero-order chi connectivity index (χ0) is 27.4. The molecule has 1 heterocycles. The fraction of sp³-hybridized carbons (Fsp3) is 0.571. The number of aromatic amines is 1. The van der Waals surface area contributed by atoms with Crippen LogP contribution in [0.15, 0.2) is 12.5 Å². The molecule has 1 aromatic heterocycles. The SMILES string of the molecule is CC(C)CC(NC(=O)C(N)Cc1cnc[nH]1)C(=O)NC(CCC(N)=O)C(=O)NC(CC(=O)O)C(=O)O. The third-order valence-electron chi connectivity index (χ3n) is 4.98. The maximum atomic E-state index is 13.0. The first-order valence-corrected chi connectivity index (χ1v) is 11.2. The van der Waals surface area contributed by atoms with Crippen molar-refractivity contribution < 1.29 is 39.0 Å². The molecule has 15 heteroatoms. The van der Waals surface area contributed by atoms with Crippen molar-refractivity contribution in [3.8, 4) is 0 Å². The number of carbonyl (C=O) groups is 6. The summed E-state index contributed by atoms with van der Waals surface area (Å²) >= 11 is 0. The quantitative estimate of drug-likeness (QED) is 0.117. The van der Waals surface area contributed by atoms with Crippen LogP contribution >= 0.6 is 0 Å². The summed E-state index contributed by atoms with van der Waals surface area (Å²) in [7, 11) is 0. The van der Waals surface area contributed by atoms with Crippen LogP contribution in [0.5, 0.6) is 0 Å². The third kappa shape index (κ3) is 10.9. The predicted octanol–water partition coefficient (Wildman–Crippen LogP) is -2.40. The Bertz CT molecular complexity index is 935. The molecule has 0 aromatic carbocycles. The van der Waals surface area contributed by atoms with Gasteiger partial charge in [0.15, 0.2) is 0 Å². The molecule has 36 heavy (non-hydrogen) atoms. The van der Waals surface area contributed by atoms with Crippen LogP contribution in [-0.2, 0) is 35.2 Å². The number of primary amides is 1. The predicted molar refractivity (Wildman–Crippen MR) is 124 cm³/mol. The van der Waals surface area contributed by atoms with Crippen LogP contribution < -0.4 is 27.4 Å². The molecule has 0 aliphatic carbocycles. The van der Waals surface area contributed by atoms with E-state index in [1.165, 1.54) is 12.5 Å². The fourth-order valence-electron chi connectivity index (χ4n) is 3.18. The van der Waals surface area contributed by atoms with Gasteiger partial charge in [0, 0.05) is 24.7 Å². The van der Waals surface area contributed by atoms with E-state index in [1.807, 2.05) is 5.32 Å². The van der Waals surface area contributed by atoms with Gasteiger partial charge in [-0.1, -0.05) is 13.8 Å². The number of carbonyl (C=O) groups excluding carboxylic acids is 4. The van der Waals surface area contributed by atoms with Gasteiger partial charge in [0.25, 0.3) is 0 Å². The first-order chi connectivity index (χ1) is 16.8. The molecule has 0 saturated heterocycles. The molecule has 0 fully saturated rings. The monoisotopic (exact) mass is 511 g/mol. The van der Waals surface area contributed by atoms with Gasteiger partial charge in [0.05, 0.1) is 18.8 Å². The van der Waals surface area contributed by atoms with E-state index in [0.717, 1.165) is 0 Å². The number of aromatic nitrogens is 2. The maximum absolute atomic E-state index is 13.0. The van der Waals surface area contributed by atoms with Crippen LogP contribution in [0.4, 0.5) is 0 Å². The van der Waals surface area contributed by atoms with Crippen molar-refractivity contribution in [1.82, 2.24) is 25.9 Å². The number of hydrogen-bond donors (Lipinski definition) is 8. The number of amides is 4. The molecule has 0 spiro atoms. The normalized spacial score (nSPS) is 14.2. The summed E-state index contributed by atoms with van der Waals surface area (Å²) in [4.78, 5) is 78.4. The number of aliphatic carboxylic acids is 2. The number of imidazole rings is 1. The number of H-pyrrole nitrogens is 1. The van der Waals surface area contributed by atoms with Crippen molar-refractivity contribution in [2.24, 2.45) is 17.4 Å². The number of carboxylic acid groups (broad SMARTS) is 2. The third-order valence-corrected chi connectivity index (χ3v) is 4.98. The van der Waals surface area contributed by atoms with Gasteiger partial charge in [-0.2, -0.15) is 0 Å². The van der Waals surface area contributed by atoms with E-state index in [0.29, 0.717) is 5.69 Å². The molecule has 4 amide bonds. The second-order valence-corrected chi connectivity index (χ2v) is 8.64. The van der Waals surface area contributed by atoms with Gasteiger partial charge in [0.1, 0.15) is 18.1 Å². The number of nitrogens with zero attached hydrogens (tertiary/aromatic N) is 1. The van der Waals surface area contributed by atoms with Gasteiger partial charge in [-0.15, -0.1) is 0 Å². The molecule has 0 saturated carbocycles. The fourth-order valence-corrected chi connectivity index (χ4v) is 3.18. The van der Waals surface area contributed by atoms with Gasteiger partial charge in [-0.3, -0.25) is 24.0 Å². The number of hydrogen-bond acceptors (Lipinski definition) is 8. The molecular weight excluding hydrogens is 478 g/mol. The first-order valence-electron chi connectivity index (χ1n) is 11.2. The zero-order valence-electron chi connectivity index (χ0n) is 20.0. The summed E-state index contributed by atoms with van der Waals surface area (Å²) in [5.41, 5.74) is 11.7. The van der Waals surface area contributed by atoms with Crippen LogP contribution in [0.2, 0.25) is 0 Å². The van der Waals surface area contributed by atoms with E-state index in [2.05, 4.69) is 20.6 Å². The molecule has 0 radical (unpaired) electrons. The lowest BCUT2D eigenvalue weighted by Crippen LogP contribution is -2.57. The minimum absolute atomic E-state index is 0.0604. The Kier molecular flexibility index (Phi) is 12.0. The molecule has 10 N–H and O–H groups in total. The molecular formula is C21H33N7O8. The minimum atomic E-state index is -1.77. The maximum Gasteiger partial charge on any atom is 0.326 e. The molecule has 0 bridgehead atoms. The highest BCUT2D eigenvalue weighted by Crippen LogP contribution is 2.08. The van der Waals surface area contributed by atoms with Crippen molar-refractivity contribution in [1.29, 1.82) is 0 Å². The summed E-state index contributed by atoms with van der Waals surface area (Å²) in [6.45, 7) is 3.61. The lowest BCUT2D eigenvalue weighted by atomic mass is 10.0. The van der Waals surface area contributed by atoms with Crippen molar-refractivity contribution in [2.75, 3.05) is 0 Å². The van der Waals surface area contributed by atoms with E-state index in [9.17, 15) is 33.9 Å². The highest BCUT2D eigenvalue weighted by Gasteiger charge is 2.31. The molecule has 4 unspecified atom stereocenters. The Hall–Kier alpha value is -4.01. The van der Waals surface area contributed by atoms with Gasteiger partial charge in [-0.25, -0.2) is 9.78 Å². The molecule has 0 aliphatic rings. The summed E-state index contributed by atoms with van der Waals surface area (Å²) in [6.07, 6.45) is 1.72. The molecule has 15 nitrogen and oxygen atoms in total. The highest BCUT2D eigenvalue weighted by molar-refractivity contribution is 5.95. The van der Waals surface area contributed by atoms with E-state index in [1.54, 1.807) is 13.8 Å². The van der Waals surface area contributed by atoms with Crippen molar-refractivity contribution >= 4 is 35.6 Å². The number of nitrogens with two attached hydrogens (primary N) is 2. The lowest BCUT2D eigenvalue weighted by Gasteiger charge is -2.25. The number of carboxylic acids is 2. The molecule has 0 aliphatic heterocycles. The van der Waals surface area contributed by atoms with Crippen molar-refractivity contribution in [2.45, 2.75) is 70.1 Å². The first kappa shape index (κ1) is 30.0. The van der Waals surface area contributed by atoms with Crippen LogP contribution in [0, 0.1) is 5.92 Å². The molecule has 200 valence electrons. The van der Waals surface area contributed by atoms with E-state index in [-0.39, 0.29) is 31.6 Å². The Labute approximate surface area is 206 Å². The van der Waals surface area contributed by atoms with Gasteiger partial charge < -0.3 is 42.6 Å². The standard InChI is InChI=1S/C21H33N7O8/c1-10(2)5-14(27-18(32)12(22)6-11-8-24-9-25-11)20(34)26-13(3-4-16(23)29)19(33)28-15(21(35)36)7-17(30)31/h8-10,12-15H,3-7,22H2,1-2H3,(H2,23,29)(H,24,25)(H,26,34)(H,27,32)(H,28,33)(H,30,31)(H,35,36). The highest BCUT2D eigenvalue weighted by atomic mass is 16.4. The summed E-state index contributed by atoms with van der Waals surface area (Å²) in [5.74, 6) is -6.33. The summed E-state index contributed by atoms with van der Waals surface area (Å²) in [5, 5.41) is 25.0. The van der Waals surface area contributed by atoms with Crippen LogP contribution in [-0.4, -0.2) is 79.9 Å². The number of rotatable bonds is 16. The second kappa shape index (κ2) is 14.4. The Morgan fingerprint density at radius 1 is 0.972 bits per heavy atom. The number of nitrogens with one attached hydrogen (secondary N) is 4. The average molecular weight is 512 g/mol. The largest absolute Gasteiger partial charge is 0.481 e. The Morgan fingerprint density at radius 3 is 2.06 bits per heavy atom. The zero-order valence-corrected chi connectivity index (χ0v) is 20.0. The smallest absolute Gasteiger partial charge is 0.326 e. The van der Waals surface area contributed by atoms with Crippen molar-refractivity contribution in [3.05, 3.63) is 18.2 Å². The lowest BCUT2D eigenvalue weighted by molar-refractivity contribution is -0.147. The summed E-state index contributed by atoms with van der Waals surface area (Å²) in [6, 6.07) is -5.31. The van der Waals surface area contributed by atoms with Gasteiger partial charge in [-0.05, 0) is 18.8 Å². The van der Waals surface area contributed by atoms with E-state index < -0.39 is 66.2 Å². The van der Waals surface area contributed by atoms with Crippen LogP contribution in [0.1, 0.15) is 45.2 Å². The van der Waals surface area contributed by atoms with E-state index in [4.69, 9.17) is 16.6 Å². The van der Waals surface area contributed by atoms with Crippen molar-refractivity contribution in [3.63, 3.8) is 0 Å². The molecule has 4 atom stereocenters. The van der Waals surface area contributed by atoms with E-state index >= 15 is 0 Å². The Morgan fingerprint density at radius 2 is 1.56 bits per heavy atom. The summed E-state index contributed by atoms with van der Waals surface area (Å²) < 4.78 is 0. The second-order valence-electron chi connectivity index (χ2n) is 8.64. The van der Waals surface area contributed by atoms with Gasteiger partial charge in [0.2, 0.25) is 23.6 Å². The van der Waals surface area contributed by atoms with Crippen LogP contribution in [0.25, 0.3) is 0 Å². The topological polar surface area (TPSA) is 260 Å². The Balaban J connectivity index is 2.98. The minimum Gasteiger partial charge on any atom is -0.481 e. The molecule has 1 aromatic rings. The van der Waals surface area contributed by atoms with Gasteiger partial charge >= 0.3 is 11.9 Å². The average Bonchev–Trinajstić information content (AvgIpc) is 3.27.